The second kappa shape index (κ2) is 3.97. The van der Waals surface area contributed by atoms with E-state index < -0.39 is 0 Å². The van der Waals surface area contributed by atoms with Gasteiger partial charge in [0.15, 0.2) is 0 Å². The van der Waals surface area contributed by atoms with E-state index in [1.165, 1.54) is 19.3 Å². The van der Waals surface area contributed by atoms with Crippen LogP contribution in [0.3, 0.4) is 0 Å². The van der Waals surface area contributed by atoms with Gasteiger partial charge in [-0.2, -0.15) is 0 Å². The number of rotatable bonds is 5. The monoisotopic (exact) mass is 184 g/mol. The summed E-state index contributed by atoms with van der Waals surface area (Å²) in [7, 11) is 2.18. The summed E-state index contributed by atoms with van der Waals surface area (Å²) in [6.45, 7) is 7.73. The Morgan fingerprint density at radius 2 is 2.08 bits per heavy atom. The van der Waals surface area contributed by atoms with Crippen molar-refractivity contribution in [3.05, 3.63) is 0 Å². The minimum Gasteiger partial charge on any atom is -0.324 e. The molecule has 1 rings (SSSR count). The van der Waals surface area contributed by atoms with Gasteiger partial charge in [0.2, 0.25) is 0 Å². The van der Waals surface area contributed by atoms with Crippen LogP contribution in [0.4, 0.5) is 0 Å². The van der Waals surface area contributed by atoms with Crippen LogP contribution >= 0.6 is 0 Å². The molecule has 0 heterocycles. The zero-order valence-electron chi connectivity index (χ0n) is 9.51. The Hall–Kier alpha value is -0.0800. The molecule has 13 heavy (non-hydrogen) atoms. The van der Waals surface area contributed by atoms with E-state index in [2.05, 4.69) is 32.7 Å². The maximum absolute atomic E-state index is 6.27. The molecule has 0 amide bonds. The standard InChI is InChI=1S/C11H24N2/c1-5-9(2)13(4)8-11(3,12)10-6-7-10/h9-10H,5-8,12H2,1-4H3. The molecule has 1 saturated carbocycles. The van der Waals surface area contributed by atoms with Gasteiger partial charge >= 0.3 is 0 Å². The predicted octanol–water partition coefficient (Wildman–Crippen LogP) is 1.84. The lowest BCUT2D eigenvalue weighted by Crippen LogP contribution is -2.50. The van der Waals surface area contributed by atoms with E-state index in [0.29, 0.717) is 6.04 Å². The molecule has 0 aromatic rings. The Labute approximate surface area is 82.5 Å². The summed E-state index contributed by atoms with van der Waals surface area (Å²) in [5.74, 6) is 0.777. The molecule has 0 bridgehead atoms. The van der Waals surface area contributed by atoms with Crippen LogP contribution in [0.25, 0.3) is 0 Å². The quantitative estimate of drug-likeness (QED) is 0.706. The van der Waals surface area contributed by atoms with Gasteiger partial charge in [-0.1, -0.05) is 6.92 Å². The van der Waals surface area contributed by atoms with Crippen molar-refractivity contribution < 1.29 is 0 Å². The van der Waals surface area contributed by atoms with E-state index in [0.717, 1.165) is 12.5 Å². The summed E-state index contributed by atoms with van der Waals surface area (Å²) < 4.78 is 0. The minimum absolute atomic E-state index is 0.0399. The number of hydrogen-bond donors (Lipinski definition) is 1. The summed E-state index contributed by atoms with van der Waals surface area (Å²) in [4.78, 5) is 2.39. The molecule has 1 fully saturated rings. The van der Waals surface area contributed by atoms with Crippen LogP contribution in [-0.2, 0) is 0 Å². The van der Waals surface area contributed by atoms with E-state index in [-0.39, 0.29) is 5.54 Å². The summed E-state index contributed by atoms with van der Waals surface area (Å²) in [5.41, 5.74) is 6.31. The van der Waals surface area contributed by atoms with Gasteiger partial charge in [0.05, 0.1) is 0 Å². The van der Waals surface area contributed by atoms with Crippen molar-refractivity contribution >= 4 is 0 Å². The zero-order valence-corrected chi connectivity index (χ0v) is 9.51. The molecule has 0 saturated heterocycles. The van der Waals surface area contributed by atoms with Crippen LogP contribution in [0.5, 0.6) is 0 Å². The molecule has 2 nitrogen and oxygen atoms in total. The third-order valence-corrected chi connectivity index (χ3v) is 3.44. The fraction of sp³-hybridized carbons (Fsp3) is 1.00. The molecule has 0 aromatic heterocycles. The van der Waals surface area contributed by atoms with Crippen molar-refractivity contribution in [1.29, 1.82) is 0 Å². The van der Waals surface area contributed by atoms with E-state index in [1.54, 1.807) is 0 Å². The highest BCUT2D eigenvalue weighted by atomic mass is 15.1. The van der Waals surface area contributed by atoms with Crippen molar-refractivity contribution in [1.82, 2.24) is 4.90 Å². The van der Waals surface area contributed by atoms with Gasteiger partial charge in [0.25, 0.3) is 0 Å². The molecule has 1 aliphatic carbocycles. The Morgan fingerprint density at radius 1 is 1.54 bits per heavy atom. The molecular weight excluding hydrogens is 160 g/mol. The average molecular weight is 184 g/mol. The smallest absolute Gasteiger partial charge is 0.0283 e. The van der Waals surface area contributed by atoms with Gasteiger partial charge in [-0.3, -0.25) is 0 Å². The largest absolute Gasteiger partial charge is 0.324 e. The molecule has 78 valence electrons. The Kier molecular flexibility index (Phi) is 3.36. The first-order valence-electron chi connectivity index (χ1n) is 5.46. The molecular formula is C11H24N2. The summed E-state index contributed by atoms with van der Waals surface area (Å²) in [6, 6.07) is 0.654. The summed E-state index contributed by atoms with van der Waals surface area (Å²) >= 11 is 0. The molecule has 0 aromatic carbocycles. The minimum atomic E-state index is 0.0399. The van der Waals surface area contributed by atoms with Gasteiger partial charge in [0.1, 0.15) is 0 Å². The topological polar surface area (TPSA) is 29.3 Å². The second-order valence-corrected chi connectivity index (χ2v) is 4.95. The van der Waals surface area contributed by atoms with E-state index in [4.69, 9.17) is 5.73 Å². The second-order valence-electron chi connectivity index (χ2n) is 4.95. The van der Waals surface area contributed by atoms with Crippen molar-refractivity contribution in [3.8, 4) is 0 Å². The fourth-order valence-electron chi connectivity index (χ4n) is 1.88. The highest BCUT2D eigenvalue weighted by Crippen LogP contribution is 2.38. The number of nitrogens with zero attached hydrogens (tertiary/aromatic N) is 1. The van der Waals surface area contributed by atoms with Crippen LogP contribution in [0.2, 0.25) is 0 Å². The van der Waals surface area contributed by atoms with Crippen LogP contribution in [-0.4, -0.2) is 30.1 Å². The van der Waals surface area contributed by atoms with E-state index in [9.17, 15) is 0 Å². The highest BCUT2D eigenvalue weighted by Gasteiger charge is 2.39. The number of likely N-dealkylation sites (N-methyl/N-ethyl adjacent to an activating group) is 1. The predicted molar refractivity (Wildman–Crippen MR) is 57.7 cm³/mol. The SMILES string of the molecule is CCC(C)N(C)CC(C)(N)C1CC1. The van der Waals surface area contributed by atoms with Crippen molar-refractivity contribution in [2.75, 3.05) is 13.6 Å². The van der Waals surface area contributed by atoms with Gasteiger partial charge in [-0.15, -0.1) is 0 Å². The lowest BCUT2D eigenvalue weighted by atomic mass is 9.96. The molecule has 0 radical (unpaired) electrons. The lowest BCUT2D eigenvalue weighted by molar-refractivity contribution is 0.188. The molecule has 0 spiro atoms. The first-order chi connectivity index (χ1) is 5.97. The van der Waals surface area contributed by atoms with Crippen molar-refractivity contribution in [2.24, 2.45) is 11.7 Å². The van der Waals surface area contributed by atoms with Crippen molar-refractivity contribution in [2.45, 2.75) is 51.6 Å². The van der Waals surface area contributed by atoms with Crippen molar-refractivity contribution in [3.63, 3.8) is 0 Å². The Balaban J connectivity index is 2.37. The molecule has 0 aliphatic heterocycles. The van der Waals surface area contributed by atoms with Crippen LogP contribution in [0, 0.1) is 5.92 Å². The van der Waals surface area contributed by atoms with Crippen LogP contribution < -0.4 is 5.73 Å². The van der Waals surface area contributed by atoms with E-state index in [1.807, 2.05) is 0 Å². The maximum atomic E-state index is 6.27. The maximum Gasteiger partial charge on any atom is 0.0283 e. The summed E-state index contributed by atoms with van der Waals surface area (Å²) in [6.07, 6.45) is 3.87. The molecule has 2 N–H and O–H groups in total. The Bertz CT molecular complexity index is 161. The first-order valence-corrected chi connectivity index (χ1v) is 5.46. The van der Waals surface area contributed by atoms with Gasteiger partial charge in [0, 0.05) is 18.1 Å². The van der Waals surface area contributed by atoms with Gasteiger partial charge in [-0.25, -0.2) is 0 Å². The fourth-order valence-corrected chi connectivity index (χ4v) is 1.88. The Morgan fingerprint density at radius 3 is 2.46 bits per heavy atom. The van der Waals surface area contributed by atoms with Gasteiger partial charge < -0.3 is 10.6 Å². The summed E-state index contributed by atoms with van der Waals surface area (Å²) in [5, 5.41) is 0. The zero-order chi connectivity index (χ0) is 10.1. The normalized spacial score (nSPS) is 24.5. The number of hydrogen-bond acceptors (Lipinski definition) is 2. The lowest BCUT2D eigenvalue weighted by Gasteiger charge is -2.33. The first kappa shape index (κ1) is 11.0. The average Bonchev–Trinajstić information content (AvgIpc) is 2.84. The van der Waals surface area contributed by atoms with Gasteiger partial charge in [-0.05, 0) is 46.1 Å². The third-order valence-electron chi connectivity index (χ3n) is 3.44. The third kappa shape index (κ3) is 2.96. The molecule has 2 heteroatoms. The highest BCUT2D eigenvalue weighted by molar-refractivity contribution is 4.97. The van der Waals surface area contributed by atoms with Crippen LogP contribution in [0.15, 0.2) is 0 Å². The van der Waals surface area contributed by atoms with E-state index >= 15 is 0 Å². The molecule has 2 atom stereocenters. The number of nitrogens with two attached hydrogens (primary N) is 1. The molecule has 1 aliphatic rings. The van der Waals surface area contributed by atoms with Crippen LogP contribution in [0.1, 0.15) is 40.0 Å². The molecule has 2 unspecified atom stereocenters.